The smallest absolute Gasteiger partial charge is 0.0984 e. The molecule has 4 rings (SSSR count). The Kier molecular flexibility index (Phi) is 8.36. The first-order valence-corrected chi connectivity index (χ1v) is 13.2. The number of hydrogen-bond acceptors (Lipinski definition) is 1. The Morgan fingerprint density at radius 2 is 1.97 bits per heavy atom. The molecule has 0 saturated heterocycles. The Morgan fingerprint density at radius 3 is 2.57 bits per heavy atom. The van der Waals surface area contributed by atoms with Gasteiger partial charge < -0.3 is 0 Å². The summed E-state index contributed by atoms with van der Waals surface area (Å²) in [6.45, 7) is 9.24. The van der Waals surface area contributed by atoms with E-state index in [0.717, 1.165) is 24.3 Å². The zero-order valence-corrected chi connectivity index (χ0v) is 21.5. The number of fused-ring (bicyclic) bond motifs is 1. The van der Waals surface area contributed by atoms with Crippen LogP contribution >= 0.6 is 0 Å². The highest BCUT2D eigenvalue weighted by atomic mass is 19.1. The van der Waals surface area contributed by atoms with Gasteiger partial charge in [-0.1, -0.05) is 81.0 Å². The molecule has 35 heavy (non-hydrogen) atoms. The molecule has 0 N–H and O–H groups in total. The third-order valence-electron chi connectivity index (χ3n) is 7.57. The number of allylic oxidation sites excluding steroid dienone is 6. The molecule has 0 radical (unpaired) electrons. The van der Waals surface area contributed by atoms with Crippen molar-refractivity contribution in [3.63, 3.8) is 0 Å². The van der Waals surface area contributed by atoms with E-state index in [1.807, 2.05) is 12.3 Å². The van der Waals surface area contributed by atoms with E-state index in [4.69, 9.17) is 4.99 Å². The van der Waals surface area contributed by atoms with Crippen molar-refractivity contribution in [2.75, 3.05) is 13.3 Å². The van der Waals surface area contributed by atoms with E-state index >= 15 is 0 Å². The number of rotatable bonds is 10. The summed E-state index contributed by atoms with van der Waals surface area (Å²) < 4.78 is 25.9. The highest BCUT2D eigenvalue weighted by molar-refractivity contribution is 5.85. The van der Waals surface area contributed by atoms with Crippen LogP contribution in [0.2, 0.25) is 0 Å². The molecule has 1 aromatic rings. The molecular formula is C32H39F2N. The maximum atomic E-state index is 12.9. The first kappa shape index (κ1) is 25.5. The van der Waals surface area contributed by atoms with Gasteiger partial charge >= 0.3 is 0 Å². The molecular weight excluding hydrogens is 436 g/mol. The summed E-state index contributed by atoms with van der Waals surface area (Å²) in [5.41, 5.74) is 10.0. The molecule has 0 aromatic heterocycles. The lowest BCUT2D eigenvalue weighted by atomic mass is 9.88. The van der Waals surface area contributed by atoms with Crippen LogP contribution in [0, 0.1) is 11.8 Å². The SMILES string of the molecule is C=C(CC=C1C=CC(C2=C(CC)c3ccc(C(C)C)cc3CC(CC3CC3)=C2)N=C1)C(CF)CF. The third kappa shape index (κ3) is 6.18. The van der Waals surface area contributed by atoms with Crippen LogP contribution in [0.25, 0.3) is 5.57 Å². The summed E-state index contributed by atoms with van der Waals surface area (Å²) in [6, 6.07) is 7.03. The van der Waals surface area contributed by atoms with E-state index in [-0.39, 0.29) is 6.04 Å². The molecule has 1 aliphatic heterocycles. The molecule has 3 aliphatic rings. The minimum atomic E-state index is -0.710. The predicted octanol–water partition coefficient (Wildman–Crippen LogP) is 8.69. The van der Waals surface area contributed by atoms with Crippen molar-refractivity contribution in [1.29, 1.82) is 0 Å². The average molecular weight is 476 g/mol. The summed E-state index contributed by atoms with van der Waals surface area (Å²) in [4.78, 5) is 4.93. The van der Waals surface area contributed by atoms with E-state index in [1.165, 1.54) is 52.7 Å². The van der Waals surface area contributed by atoms with Crippen LogP contribution in [0.5, 0.6) is 0 Å². The standard InChI is InChI=1S/C32H39F2N/c1-5-29-30-12-11-26(21(2)3)17-27(30)15-25(14-23-8-9-23)16-31(29)32-13-10-24(20-35-32)7-6-22(4)28(18-33)19-34/h7,10-13,16-17,20-21,23,28,32H,4-6,8-9,14-15,18-19H2,1-3H3. The summed E-state index contributed by atoms with van der Waals surface area (Å²) in [7, 11) is 0. The first-order valence-electron chi connectivity index (χ1n) is 13.2. The van der Waals surface area contributed by atoms with Gasteiger partial charge in [-0.05, 0) is 83.8 Å². The van der Waals surface area contributed by atoms with Crippen LogP contribution in [-0.4, -0.2) is 25.6 Å². The van der Waals surface area contributed by atoms with Crippen LogP contribution in [0.4, 0.5) is 8.78 Å². The molecule has 1 fully saturated rings. The lowest BCUT2D eigenvalue weighted by molar-refractivity contribution is 0.320. The Labute approximate surface area is 210 Å². The summed E-state index contributed by atoms with van der Waals surface area (Å²) in [5, 5.41) is 0. The van der Waals surface area contributed by atoms with Gasteiger partial charge in [0.25, 0.3) is 0 Å². The number of nitrogens with zero attached hydrogens (tertiary/aromatic N) is 1. The predicted molar refractivity (Wildman–Crippen MR) is 146 cm³/mol. The van der Waals surface area contributed by atoms with Crippen molar-refractivity contribution in [1.82, 2.24) is 0 Å². The van der Waals surface area contributed by atoms with E-state index < -0.39 is 19.3 Å². The first-order chi connectivity index (χ1) is 16.9. The molecule has 1 saturated carbocycles. The van der Waals surface area contributed by atoms with Crippen molar-refractivity contribution >= 4 is 11.8 Å². The van der Waals surface area contributed by atoms with Gasteiger partial charge in [0, 0.05) is 12.1 Å². The normalized spacial score (nSPS) is 21.1. The third-order valence-corrected chi connectivity index (χ3v) is 7.57. The zero-order valence-electron chi connectivity index (χ0n) is 21.5. The molecule has 0 amide bonds. The minimum absolute atomic E-state index is 0.0142. The van der Waals surface area contributed by atoms with E-state index in [2.05, 4.69) is 63.8 Å². The Bertz CT molecular complexity index is 1070. The highest BCUT2D eigenvalue weighted by Gasteiger charge is 2.27. The number of hydrogen-bond donors (Lipinski definition) is 0. The van der Waals surface area contributed by atoms with Gasteiger partial charge in [0.05, 0.1) is 19.4 Å². The lowest BCUT2D eigenvalue weighted by Crippen LogP contribution is -2.11. The van der Waals surface area contributed by atoms with Crippen LogP contribution in [0.15, 0.2) is 76.4 Å². The molecule has 1 aromatic carbocycles. The Hall–Kier alpha value is -2.55. The fourth-order valence-corrected chi connectivity index (χ4v) is 5.10. The highest BCUT2D eigenvalue weighted by Crippen LogP contribution is 2.41. The largest absolute Gasteiger partial charge is 0.280 e. The van der Waals surface area contributed by atoms with Gasteiger partial charge in [0.2, 0.25) is 0 Å². The van der Waals surface area contributed by atoms with Crippen molar-refractivity contribution in [3.05, 3.63) is 88.1 Å². The van der Waals surface area contributed by atoms with E-state index in [0.29, 0.717) is 17.9 Å². The van der Waals surface area contributed by atoms with E-state index in [1.54, 1.807) is 0 Å². The summed E-state index contributed by atoms with van der Waals surface area (Å²) in [6.07, 6.45) is 16.9. The van der Waals surface area contributed by atoms with Crippen molar-refractivity contribution in [2.45, 2.75) is 71.3 Å². The molecule has 0 spiro atoms. The number of aliphatic imine (C=N–C) groups is 1. The maximum absolute atomic E-state index is 12.9. The van der Waals surface area contributed by atoms with Gasteiger partial charge in [-0.3, -0.25) is 13.8 Å². The second-order valence-corrected chi connectivity index (χ2v) is 10.6. The second kappa shape index (κ2) is 11.5. The lowest BCUT2D eigenvalue weighted by Gasteiger charge is -2.19. The maximum Gasteiger partial charge on any atom is 0.0984 e. The fraction of sp³-hybridized carbons (Fsp3) is 0.469. The zero-order chi connectivity index (χ0) is 24.9. The molecule has 1 unspecified atom stereocenters. The number of dihydropyridines is 1. The van der Waals surface area contributed by atoms with Crippen molar-refractivity contribution < 1.29 is 8.78 Å². The quantitative estimate of drug-likeness (QED) is 0.300. The van der Waals surface area contributed by atoms with Crippen LogP contribution in [0.3, 0.4) is 0 Å². The van der Waals surface area contributed by atoms with Gasteiger partial charge in [0.1, 0.15) is 0 Å². The van der Waals surface area contributed by atoms with Gasteiger partial charge in [-0.25, -0.2) is 0 Å². The monoisotopic (exact) mass is 475 g/mol. The van der Waals surface area contributed by atoms with Gasteiger partial charge in [0.15, 0.2) is 0 Å². The topological polar surface area (TPSA) is 12.4 Å². The molecule has 2 aliphatic carbocycles. The average Bonchev–Trinajstić information content (AvgIpc) is 3.69. The Morgan fingerprint density at radius 1 is 1.20 bits per heavy atom. The van der Waals surface area contributed by atoms with Gasteiger partial charge in [-0.2, -0.15) is 0 Å². The van der Waals surface area contributed by atoms with Crippen molar-refractivity contribution in [3.8, 4) is 0 Å². The van der Waals surface area contributed by atoms with Gasteiger partial charge in [-0.15, -0.1) is 0 Å². The second-order valence-electron chi connectivity index (χ2n) is 10.6. The van der Waals surface area contributed by atoms with Crippen LogP contribution in [0.1, 0.15) is 75.5 Å². The Balaban J connectivity index is 1.63. The molecule has 1 heterocycles. The van der Waals surface area contributed by atoms with Crippen LogP contribution < -0.4 is 0 Å². The molecule has 1 atom stereocenters. The van der Waals surface area contributed by atoms with E-state index in [9.17, 15) is 8.78 Å². The fourth-order valence-electron chi connectivity index (χ4n) is 5.10. The molecule has 0 bridgehead atoms. The number of alkyl halides is 2. The minimum Gasteiger partial charge on any atom is -0.280 e. The molecule has 186 valence electrons. The number of benzene rings is 1. The summed E-state index contributed by atoms with van der Waals surface area (Å²) >= 11 is 0. The molecule has 1 nitrogen and oxygen atoms in total. The van der Waals surface area contributed by atoms with Crippen molar-refractivity contribution in [2.24, 2.45) is 16.8 Å². The summed E-state index contributed by atoms with van der Waals surface area (Å²) in [5.74, 6) is 0.650. The van der Waals surface area contributed by atoms with Crippen LogP contribution in [-0.2, 0) is 6.42 Å². The molecule has 3 heteroatoms. The number of halogens is 2.